The lowest BCUT2D eigenvalue weighted by molar-refractivity contribution is 0.0526. The predicted octanol–water partition coefficient (Wildman–Crippen LogP) is 2.99. The van der Waals surface area contributed by atoms with Crippen molar-refractivity contribution >= 4 is 6.09 Å². The minimum absolute atomic E-state index is 0.0154. The van der Waals surface area contributed by atoms with Gasteiger partial charge in [-0.3, -0.25) is 0 Å². The highest BCUT2D eigenvalue weighted by Gasteiger charge is 2.15. The number of hydrogen-bond acceptors (Lipinski definition) is 3. The van der Waals surface area contributed by atoms with Crippen molar-refractivity contribution in [1.82, 2.24) is 5.32 Å². The van der Waals surface area contributed by atoms with E-state index in [1.165, 1.54) is 0 Å². The van der Waals surface area contributed by atoms with Crippen molar-refractivity contribution in [3.05, 3.63) is 35.9 Å². The molecule has 0 aliphatic rings. The molecule has 0 aliphatic heterocycles. The lowest BCUT2D eigenvalue weighted by Crippen LogP contribution is -2.33. The normalized spacial score (nSPS) is 12.8. The molecule has 4 heteroatoms. The second-order valence-electron chi connectivity index (χ2n) is 5.59. The first-order valence-electron chi connectivity index (χ1n) is 6.66. The molecule has 1 aromatic rings. The monoisotopic (exact) mass is 264 g/mol. The molecule has 1 aromatic carbocycles. The molecule has 0 unspecified atom stereocenters. The number of alkyl carbamates (subject to hydrolysis) is 1. The van der Waals surface area contributed by atoms with Gasteiger partial charge in [-0.1, -0.05) is 30.3 Å². The maximum absolute atomic E-state index is 11.4. The number of hydrogen-bond donors (Lipinski definition) is 2. The van der Waals surface area contributed by atoms with Crippen molar-refractivity contribution < 1.29 is 9.53 Å². The first kappa shape index (κ1) is 15.5. The smallest absolute Gasteiger partial charge is 0.407 e. The van der Waals surface area contributed by atoms with E-state index in [2.05, 4.69) is 5.32 Å². The number of carbonyl (C=O) groups excluding carboxylic acids is 1. The Bertz CT molecular complexity index is 385. The average Bonchev–Trinajstić information content (AvgIpc) is 2.33. The second kappa shape index (κ2) is 7.14. The van der Waals surface area contributed by atoms with E-state index in [1.807, 2.05) is 51.1 Å². The summed E-state index contributed by atoms with van der Waals surface area (Å²) in [5.74, 6) is 0. The second-order valence-corrected chi connectivity index (χ2v) is 5.59. The third-order valence-corrected chi connectivity index (χ3v) is 2.59. The molecule has 0 saturated carbocycles. The zero-order valence-corrected chi connectivity index (χ0v) is 12.0. The molecule has 0 spiro atoms. The van der Waals surface area contributed by atoms with E-state index in [4.69, 9.17) is 10.5 Å². The molecular weight excluding hydrogens is 240 g/mol. The summed E-state index contributed by atoms with van der Waals surface area (Å²) in [7, 11) is 0. The molecule has 4 nitrogen and oxygen atoms in total. The van der Waals surface area contributed by atoms with Gasteiger partial charge in [0.2, 0.25) is 0 Å². The van der Waals surface area contributed by atoms with E-state index in [0.717, 1.165) is 18.4 Å². The van der Waals surface area contributed by atoms with Gasteiger partial charge in [0.15, 0.2) is 0 Å². The van der Waals surface area contributed by atoms with Crippen LogP contribution in [0.2, 0.25) is 0 Å². The molecule has 1 rings (SSSR count). The van der Waals surface area contributed by atoms with Gasteiger partial charge >= 0.3 is 6.09 Å². The Labute approximate surface area is 115 Å². The number of benzene rings is 1. The number of nitrogens with one attached hydrogen (secondary N) is 1. The van der Waals surface area contributed by atoms with Crippen LogP contribution in [-0.4, -0.2) is 18.2 Å². The molecule has 1 atom stereocenters. The largest absolute Gasteiger partial charge is 0.444 e. The van der Waals surface area contributed by atoms with Crippen molar-refractivity contribution in [2.75, 3.05) is 6.54 Å². The maximum atomic E-state index is 11.4. The summed E-state index contributed by atoms with van der Waals surface area (Å²) in [6, 6.07) is 9.99. The first-order valence-corrected chi connectivity index (χ1v) is 6.66. The van der Waals surface area contributed by atoms with Crippen molar-refractivity contribution in [1.29, 1.82) is 0 Å². The van der Waals surface area contributed by atoms with Gasteiger partial charge < -0.3 is 15.8 Å². The maximum Gasteiger partial charge on any atom is 0.407 e. The fraction of sp³-hybridized carbons (Fsp3) is 0.533. The van der Waals surface area contributed by atoms with Crippen molar-refractivity contribution in [2.45, 2.75) is 45.3 Å². The molecule has 0 fully saturated rings. The standard InChI is InChI=1S/C15H24N2O2/c1-15(2,3)19-14(18)17-11-7-10-13(16)12-8-5-4-6-9-12/h4-6,8-9,13H,7,10-11,16H2,1-3H3,(H,17,18)/t13-/m0/s1. The minimum atomic E-state index is -0.454. The van der Waals surface area contributed by atoms with Gasteiger partial charge in [0.05, 0.1) is 0 Å². The summed E-state index contributed by atoms with van der Waals surface area (Å²) in [5.41, 5.74) is 6.74. The number of carbonyl (C=O) groups is 1. The van der Waals surface area contributed by atoms with Crippen LogP contribution in [0.1, 0.15) is 45.2 Å². The highest BCUT2D eigenvalue weighted by Crippen LogP contribution is 2.14. The van der Waals surface area contributed by atoms with Crippen LogP contribution < -0.4 is 11.1 Å². The zero-order valence-electron chi connectivity index (χ0n) is 12.0. The van der Waals surface area contributed by atoms with Crippen molar-refractivity contribution in [3.63, 3.8) is 0 Å². The lowest BCUT2D eigenvalue weighted by atomic mass is 10.0. The average molecular weight is 264 g/mol. The van der Waals surface area contributed by atoms with E-state index in [0.29, 0.717) is 6.54 Å². The third-order valence-electron chi connectivity index (χ3n) is 2.59. The minimum Gasteiger partial charge on any atom is -0.444 e. The molecule has 0 aromatic heterocycles. The number of amides is 1. The van der Waals surface area contributed by atoms with Crippen LogP contribution in [0.3, 0.4) is 0 Å². The van der Waals surface area contributed by atoms with Gasteiger partial charge in [-0.2, -0.15) is 0 Å². The van der Waals surface area contributed by atoms with Gasteiger partial charge in [0.25, 0.3) is 0 Å². The van der Waals surface area contributed by atoms with Crippen LogP contribution in [0.25, 0.3) is 0 Å². The first-order chi connectivity index (χ1) is 8.88. The Hall–Kier alpha value is -1.55. The SMILES string of the molecule is CC(C)(C)OC(=O)NCCC[C@H](N)c1ccccc1. The lowest BCUT2D eigenvalue weighted by Gasteiger charge is -2.19. The molecule has 19 heavy (non-hydrogen) atoms. The van der Waals surface area contributed by atoms with E-state index in [-0.39, 0.29) is 12.1 Å². The van der Waals surface area contributed by atoms with E-state index in [1.54, 1.807) is 0 Å². The van der Waals surface area contributed by atoms with E-state index < -0.39 is 5.60 Å². The van der Waals surface area contributed by atoms with Gasteiger partial charge in [0, 0.05) is 12.6 Å². The molecule has 0 saturated heterocycles. The Kier molecular flexibility index (Phi) is 5.83. The van der Waals surface area contributed by atoms with Crippen LogP contribution in [0.15, 0.2) is 30.3 Å². The molecule has 0 bridgehead atoms. The van der Waals surface area contributed by atoms with Crippen LogP contribution >= 0.6 is 0 Å². The summed E-state index contributed by atoms with van der Waals surface area (Å²) in [6.07, 6.45) is 1.29. The van der Waals surface area contributed by atoms with Gasteiger partial charge in [-0.25, -0.2) is 4.79 Å². The Morgan fingerprint density at radius 3 is 2.53 bits per heavy atom. The van der Waals surface area contributed by atoms with Crippen LogP contribution in [0.5, 0.6) is 0 Å². The predicted molar refractivity (Wildman–Crippen MR) is 76.8 cm³/mol. The Morgan fingerprint density at radius 2 is 1.95 bits per heavy atom. The number of nitrogens with two attached hydrogens (primary N) is 1. The van der Waals surface area contributed by atoms with E-state index in [9.17, 15) is 4.79 Å². The van der Waals surface area contributed by atoms with Gasteiger partial charge in [-0.15, -0.1) is 0 Å². The van der Waals surface area contributed by atoms with Crippen molar-refractivity contribution in [2.24, 2.45) is 5.73 Å². The summed E-state index contributed by atoms with van der Waals surface area (Å²) in [5, 5.41) is 2.73. The van der Waals surface area contributed by atoms with Crippen LogP contribution in [-0.2, 0) is 4.74 Å². The molecule has 3 N–H and O–H groups in total. The summed E-state index contributed by atoms with van der Waals surface area (Å²) in [6.45, 7) is 6.11. The molecule has 0 radical (unpaired) electrons. The zero-order chi connectivity index (χ0) is 14.3. The molecule has 106 valence electrons. The number of ether oxygens (including phenoxy) is 1. The summed E-state index contributed by atoms with van der Waals surface area (Å²) >= 11 is 0. The van der Waals surface area contributed by atoms with Crippen molar-refractivity contribution in [3.8, 4) is 0 Å². The Morgan fingerprint density at radius 1 is 1.32 bits per heavy atom. The highest BCUT2D eigenvalue weighted by atomic mass is 16.6. The Balaban J connectivity index is 2.19. The number of rotatable bonds is 5. The quantitative estimate of drug-likeness (QED) is 0.803. The highest BCUT2D eigenvalue weighted by molar-refractivity contribution is 5.67. The van der Waals surface area contributed by atoms with E-state index >= 15 is 0 Å². The topological polar surface area (TPSA) is 64.3 Å². The molecule has 0 heterocycles. The molecular formula is C15H24N2O2. The third kappa shape index (κ3) is 6.82. The van der Waals surface area contributed by atoms with Crippen LogP contribution in [0.4, 0.5) is 4.79 Å². The van der Waals surface area contributed by atoms with Crippen LogP contribution in [0, 0.1) is 0 Å². The van der Waals surface area contributed by atoms with Gasteiger partial charge in [0.1, 0.15) is 5.60 Å². The molecule has 0 aliphatic carbocycles. The molecule has 1 amide bonds. The fourth-order valence-corrected chi connectivity index (χ4v) is 1.69. The van der Waals surface area contributed by atoms with Gasteiger partial charge in [-0.05, 0) is 39.2 Å². The summed E-state index contributed by atoms with van der Waals surface area (Å²) in [4.78, 5) is 11.4. The fourth-order valence-electron chi connectivity index (χ4n) is 1.69. The summed E-state index contributed by atoms with van der Waals surface area (Å²) < 4.78 is 5.15.